The molecule has 0 saturated carbocycles. The quantitative estimate of drug-likeness (QED) is 0.246. The normalized spacial score (nSPS) is 10.7. The Labute approximate surface area is 162 Å². The van der Waals surface area contributed by atoms with Crippen molar-refractivity contribution in [1.29, 1.82) is 0 Å². The standard InChI is InChI=1S/C23H17ClO3/c1-16-6-8-19(9-7-16)23(26)27-22-5-3-2-4-18(22)12-15-21(25)17-10-13-20(24)14-11-17/h2-15H,1H3/b15-12+. The van der Waals surface area contributed by atoms with Gasteiger partial charge in [-0.3, -0.25) is 4.79 Å². The van der Waals surface area contributed by atoms with Gasteiger partial charge in [0, 0.05) is 16.1 Å². The maximum atomic E-state index is 12.3. The van der Waals surface area contributed by atoms with Crippen molar-refractivity contribution in [2.75, 3.05) is 0 Å². The van der Waals surface area contributed by atoms with Crippen molar-refractivity contribution in [3.05, 3.63) is 106 Å². The molecule has 0 spiro atoms. The van der Waals surface area contributed by atoms with E-state index in [9.17, 15) is 9.59 Å². The van der Waals surface area contributed by atoms with Crippen molar-refractivity contribution in [3.63, 3.8) is 0 Å². The summed E-state index contributed by atoms with van der Waals surface area (Å²) in [6.07, 6.45) is 3.08. The Morgan fingerprint density at radius 2 is 1.48 bits per heavy atom. The maximum absolute atomic E-state index is 12.3. The number of aryl methyl sites for hydroxylation is 1. The van der Waals surface area contributed by atoms with Crippen molar-refractivity contribution in [2.45, 2.75) is 6.92 Å². The molecule has 0 aliphatic rings. The third-order valence-corrected chi connectivity index (χ3v) is 4.20. The van der Waals surface area contributed by atoms with Crippen molar-refractivity contribution < 1.29 is 14.3 Å². The predicted molar refractivity (Wildman–Crippen MR) is 107 cm³/mol. The average molecular weight is 377 g/mol. The van der Waals surface area contributed by atoms with Gasteiger partial charge in [0.1, 0.15) is 5.75 Å². The monoisotopic (exact) mass is 376 g/mol. The van der Waals surface area contributed by atoms with E-state index in [1.807, 2.05) is 25.1 Å². The summed E-state index contributed by atoms with van der Waals surface area (Å²) in [6, 6.07) is 20.9. The Hall–Kier alpha value is -3.17. The molecule has 0 unspecified atom stereocenters. The van der Waals surface area contributed by atoms with Gasteiger partial charge in [-0.2, -0.15) is 0 Å². The Kier molecular flexibility index (Phi) is 5.84. The molecule has 0 saturated heterocycles. The zero-order valence-corrected chi connectivity index (χ0v) is 15.4. The van der Waals surface area contributed by atoms with Crippen LogP contribution >= 0.6 is 11.6 Å². The van der Waals surface area contributed by atoms with Crippen LogP contribution in [0, 0.1) is 6.92 Å². The van der Waals surface area contributed by atoms with Crippen LogP contribution in [-0.4, -0.2) is 11.8 Å². The third kappa shape index (κ3) is 4.93. The van der Waals surface area contributed by atoms with Gasteiger partial charge in [0.25, 0.3) is 0 Å². The van der Waals surface area contributed by atoms with E-state index in [-0.39, 0.29) is 5.78 Å². The lowest BCUT2D eigenvalue weighted by Gasteiger charge is -2.07. The first-order chi connectivity index (χ1) is 13.0. The molecule has 0 heterocycles. The molecule has 3 rings (SSSR count). The highest BCUT2D eigenvalue weighted by atomic mass is 35.5. The number of rotatable bonds is 5. The summed E-state index contributed by atoms with van der Waals surface area (Å²) in [5.41, 5.74) is 2.71. The molecule has 0 aliphatic heterocycles. The highest BCUT2D eigenvalue weighted by Gasteiger charge is 2.10. The Bertz CT molecular complexity index is 987. The summed E-state index contributed by atoms with van der Waals surface area (Å²) >= 11 is 5.84. The number of carbonyl (C=O) groups excluding carboxylic acids is 2. The van der Waals surface area contributed by atoms with Gasteiger partial charge in [0.2, 0.25) is 0 Å². The molecule has 0 bridgehead atoms. The van der Waals surface area contributed by atoms with E-state index < -0.39 is 5.97 Å². The van der Waals surface area contributed by atoms with Gasteiger partial charge in [0.05, 0.1) is 5.56 Å². The van der Waals surface area contributed by atoms with E-state index in [0.29, 0.717) is 27.5 Å². The fourth-order valence-electron chi connectivity index (χ4n) is 2.44. The number of ketones is 1. The Morgan fingerprint density at radius 1 is 0.852 bits per heavy atom. The van der Waals surface area contributed by atoms with Crippen molar-refractivity contribution in [3.8, 4) is 5.75 Å². The SMILES string of the molecule is Cc1ccc(C(=O)Oc2ccccc2/C=C/C(=O)c2ccc(Cl)cc2)cc1. The third-order valence-electron chi connectivity index (χ3n) is 3.95. The minimum Gasteiger partial charge on any atom is -0.422 e. The lowest BCUT2D eigenvalue weighted by molar-refractivity contribution is 0.0734. The first kappa shape index (κ1) is 18.6. The van der Waals surface area contributed by atoms with Crippen LogP contribution in [0.25, 0.3) is 6.08 Å². The van der Waals surface area contributed by atoms with Crippen LogP contribution in [0.1, 0.15) is 31.8 Å². The summed E-state index contributed by atoms with van der Waals surface area (Å²) < 4.78 is 5.51. The molecule has 0 radical (unpaired) electrons. The largest absolute Gasteiger partial charge is 0.422 e. The van der Waals surface area contributed by atoms with Crippen LogP contribution in [0.3, 0.4) is 0 Å². The molecular weight excluding hydrogens is 360 g/mol. The smallest absolute Gasteiger partial charge is 0.343 e. The number of para-hydroxylation sites is 1. The lowest BCUT2D eigenvalue weighted by Crippen LogP contribution is -2.09. The Balaban J connectivity index is 1.77. The van der Waals surface area contributed by atoms with Crippen LogP contribution in [0.2, 0.25) is 5.02 Å². The second-order valence-electron chi connectivity index (χ2n) is 6.00. The highest BCUT2D eigenvalue weighted by molar-refractivity contribution is 6.30. The van der Waals surface area contributed by atoms with Crippen LogP contribution in [0.4, 0.5) is 0 Å². The highest BCUT2D eigenvalue weighted by Crippen LogP contribution is 2.21. The van der Waals surface area contributed by atoms with Gasteiger partial charge < -0.3 is 4.74 Å². The summed E-state index contributed by atoms with van der Waals surface area (Å²) in [5, 5.41) is 0.573. The number of carbonyl (C=O) groups is 2. The van der Waals surface area contributed by atoms with Crippen LogP contribution in [-0.2, 0) is 0 Å². The molecule has 27 heavy (non-hydrogen) atoms. The minimum atomic E-state index is -0.445. The average Bonchev–Trinajstić information content (AvgIpc) is 2.68. The van der Waals surface area contributed by atoms with Crippen molar-refractivity contribution >= 4 is 29.4 Å². The zero-order chi connectivity index (χ0) is 19.2. The van der Waals surface area contributed by atoms with E-state index in [0.717, 1.165) is 5.56 Å². The molecule has 0 amide bonds. The lowest BCUT2D eigenvalue weighted by atomic mass is 10.1. The number of benzene rings is 3. The van der Waals surface area contributed by atoms with Gasteiger partial charge in [0.15, 0.2) is 5.78 Å². The number of ether oxygens (including phenoxy) is 1. The number of halogens is 1. The van der Waals surface area contributed by atoms with Crippen LogP contribution in [0.15, 0.2) is 78.9 Å². The van der Waals surface area contributed by atoms with Gasteiger partial charge in [-0.15, -0.1) is 0 Å². The van der Waals surface area contributed by atoms with Gasteiger partial charge in [-0.05, 0) is 61.5 Å². The molecule has 0 aliphatic carbocycles. The van der Waals surface area contributed by atoms with E-state index in [1.54, 1.807) is 60.7 Å². The number of hydrogen-bond acceptors (Lipinski definition) is 3. The molecule has 3 nitrogen and oxygen atoms in total. The molecular formula is C23H17ClO3. The molecule has 0 atom stereocenters. The van der Waals surface area contributed by atoms with Gasteiger partial charge in [-0.25, -0.2) is 4.79 Å². The first-order valence-electron chi connectivity index (χ1n) is 8.39. The van der Waals surface area contributed by atoms with E-state index >= 15 is 0 Å². The van der Waals surface area contributed by atoms with Gasteiger partial charge >= 0.3 is 5.97 Å². The molecule has 0 fully saturated rings. The zero-order valence-electron chi connectivity index (χ0n) is 14.7. The van der Waals surface area contributed by atoms with Gasteiger partial charge in [-0.1, -0.05) is 47.5 Å². The van der Waals surface area contributed by atoms with Crippen molar-refractivity contribution in [1.82, 2.24) is 0 Å². The second kappa shape index (κ2) is 8.47. The predicted octanol–water partition coefficient (Wildman–Crippen LogP) is 5.76. The van der Waals surface area contributed by atoms with Crippen molar-refractivity contribution in [2.24, 2.45) is 0 Å². The van der Waals surface area contributed by atoms with E-state index in [1.165, 1.54) is 6.08 Å². The molecule has 3 aromatic rings. The van der Waals surface area contributed by atoms with E-state index in [2.05, 4.69) is 0 Å². The minimum absolute atomic E-state index is 0.161. The van der Waals surface area contributed by atoms with Crippen LogP contribution < -0.4 is 4.74 Å². The number of hydrogen-bond donors (Lipinski definition) is 0. The summed E-state index contributed by atoms with van der Waals surface area (Å²) in [4.78, 5) is 24.6. The fourth-order valence-corrected chi connectivity index (χ4v) is 2.56. The molecule has 134 valence electrons. The first-order valence-corrected chi connectivity index (χ1v) is 8.76. The summed E-state index contributed by atoms with van der Waals surface area (Å²) in [6.45, 7) is 1.95. The number of esters is 1. The molecule has 0 aromatic heterocycles. The summed E-state index contributed by atoms with van der Waals surface area (Å²) in [7, 11) is 0. The Morgan fingerprint density at radius 3 is 2.19 bits per heavy atom. The second-order valence-corrected chi connectivity index (χ2v) is 6.43. The van der Waals surface area contributed by atoms with E-state index in [4.69, 9.17) is 16.3 Å². The summed E-state index contributed by atoms with van der Waals surface area (Å²) in [5.74, 6) is -0.213. The van der Waals surface area contributed by atoms with Crippen LogP contribution in [0.5, 0.6) is 5.75 Å². The molecule has 0 N–H and O–H groups in total. The molecule has 4 heteroatoms. The maximum Gasteiger partial charge on any atom is 0.343 e. The molecule has 3 aromatic carbocycles. The topological polar surface area (TPSA) is 43.4 Å². The fraction of sp³-hybridized carbons (Fsp3) is 0.0435. The number of allylic oxidation sites excluding steroid dienone is 1.